The summed E-state index contributed by atoms with van der Waals surface area (Å²) in [6.07, 6.45) is -0.298. The molecule has 1 aromatic rings. The standard InChI is InChI=1S/C18H26O4/c1-11(2)13(5)21-17(19)15-7-9-16(10-8-15)18(20)22-14(6)12(3)4/h7-14H,1-6H3. The summed E-state index contributed by atoms with van der Waals surface area (Å²) < 4.78 is 10.7. The highest BCUT2D eigenvalue weighted by Crippen LogP contribution is 2.13. The third-order valence-corrected chi connectivity index (χ3v) is 3.82. The van der Waals surface area contributed by atoms with E-state index in [0.29, 0.717) is 11.1 Å². The van der Waals surface area contributed by atoms with Gasteiger partial charge in [-0.25, -0.2) is 9.59 Å². The van der Waals surface area contributed by atoms with Crippen molar-refractivity contribution in [1.82, 2.24) is 0 Å². The second-order valence-electron chi connectivity index (χ2n) is 6.29. The molecule has 0 aliphatic heterocycles. The number of hydrogen-bond donors (Lipinski definition) is 0. The van der Waals surface area contributed by atoms with Gasteiger partial charge in [0.2, 0.25) is 0 Å². The second-order valence-corrected chi connectivity index (χ2v) is 6.29. The molecule has 4 heteroatoms. The lowest BCUT2D eigenvalue weighted by atomic mass is 10.1. The molecule has 122 valence electrons. The molecule has 0 aromatic heterocycles. The molecule has 0 N–H and O–H groups in total. The zero-order valence-electron chi connectivity index (χ0n) is 14.3. The molecule has 1 rings (SSSR count). The third kappa shape index (κ3) is 5.17. The minimum Gasteiger partial charge on any atom is -0.459 e. The lowest BCUT2D eigenvalue weighted by Gasteiger charge is -2.17. The Morgan fingerprint density at radius 2 is 0.955 bits per heavy atom. The quantitative estimate of drug-likeness (QED) is 0.743. The summed E-state index contributed by atoms with van der Waals surface area (Å²) in [5, 5.41) is 0. The monoisotopic (exact) mass is 306 g/mol. The Hall–Kier alpha value is -1.84. The maximum Gasteiger partial charge on any atom is 0.338 e. The maximum absolute atomic E-state index is 12.0. The zero-order chi connectivity index (χ0) is 16.9. The van der Waals surface area contributed by atoms with Gasteiger partial charge in [0.1, 0.15) is 12.2 Å². The molecule has 0 aliphatic carbocycles. The van der Waals surface area contributed by atoms with Crippen molar-refractivity contribution in [3.05, 3.63) is 35.4 Å². The first-order chi connectivity index (χ1) is 10.2. The summed E-state index contributed by atoms with van der Waals surface area (Å²) in [5.74, 6) is -0.236. The van der Waals surface area contributed by atoms with Gasteiger partial charge in [-0.1, -0.05) is 27.7 Å². The van der Waals surface area contributed by atoms with Crippen molar-refractivity contribution in [1.29, 1.82) is 0 Å². The van der Waals surface area contributed by atoms with Crippen LogP contribution in [0.3, 0.4) is 0 Å². The fraction of sp³-hybridized carbons (Fsp3) is 0.556. The predicted octanol–water partition coefficient (Wildman–Crippen LogP) is 4.09. The normalized spacial score (nSPS) is 13.8. The number of esters is 2. The number of carbonyl (C=O) groups excluding carboxylic acids is 2. The molecule has 0 radical (unpaired) electrons. The summed E-state index contributed by atoms with van der Waals surface area (Å²) in [5.41, 5.74) is 0.863. The number of carbonyl (C=O) groups is 2. The SMILES string of the molecule is CC(C)C(C)OC(=O)c1ccc(C(=O)OC(C)C(C)C)cc1. The van der Waals surface area contributed by atoms with Crippen molar-refractivity contribution in [3.8, 4) is 0 Å². The second kappa shape index (κ2) is 7.97. The van der Waals surface area contributed by atoms with Crippen LogP contribution in [0.5, 0.6) is 0 Å². The molecule has 0 saturated heterocycles. The summed E-state index contributed by atoms with van der Waals surface area (Å²) in [6, 6.07) is 6.36. The molecule has 0 amide bonds. The minimum atomic E-state index is -0.378. The van der Waals surface area contributed by atoms with Crippen LogP contribution >= 0.6 is 0 Å². The van der Waals surface area contributed by atoms with Gasteiger partial charge in [0.05, 0.1) is 11.1 Å². The van der Waals surface area contributed by atoms with E-state index in [0.717, 1.165) is 0 Å². The van der Waals surface area contributed by atoms with Crippen LogP contribution in [-0.4, -0.2) is 24.1 Å². The van der Waals surface area contributed by atoms with Gasteiger partial charge in [0.15, 0.2) is 0 Å². The van der Waals surface area contributed by atoms with Crippen molar-refractivity contribution in [3.63, 3.8) is 0 Å². The minimum absolute atomic E-state index is 0.149. The lowest BCUT2D eigenvalue weighted by Crippen LogP contribution is -2.21. The van der Waals surface area contributed by atoms with Gasteiger partial charge in [-0.05, 0) is 49.9 Å². The highest BCUT2D eigenvalue weighted by Gasteiger charge is 2.17. The number of hydrogen-bond acceptors (Lipinski definition) is 4. The molecule has 2 unspecified atom stereocenters. The van der Waals surface area contributed by atoms with Crippen LogP contribution in [0.1, 0.15) is 62.3 Å². The highest BCUT2D eigenvalue weighted by atomic mass is 16.5. The molecule has 0 heterocycles. The Labute approximate surface area is 132 Å². The molecule has 0 saturated carbocycles. The third-order valence-electron chi connectivity index (χ3n) is 3.82. The Morgan fingerprint density at radius 3 is 1.18 bits per heavy atom. The van der Waals surface area contributed by atoms with Crippen LogP contribution < -0.4 is 0 Å². The van der Waals surface area contributed by atoms with E-state index >= 15 is 0 Å². The molecule has 22 heavy (non-hydrogen) atoms. The highest BCUT2D eigenvalue weighted by molar-refractivity contribution is 5.93. The smallest absolute Gasteiger partial charge is 0.338 e. The Balaban J connectivity index is 2.70. The number of benzene rings is 1. The van der Waals surface area contributed by atoms with Crippen molar-refractivity contribution in [2.45, 2.75) is 53.8 Å². The Kier molecular flexibility index (Phi) is 6.60. The van der Waals surface area contributed by atoms with Crippen molar-refractivity contribution in [2.75, 3.05) is 0 Å². The predicted molar refractivity (Wildman–Crippen MR) is 85.9 cm³/mol. The molecule has 4 nitrogen and oxygen atoms in total. The van der Waals surface area contributed by atoms with E-state index in [1.54, 1.807) is 24.3 Å². The van der Waals surface area contributed by atoms with Crippen molar-refractivity contribution >= 4 is 11.9 Å². The summed E-state index contributed by atoms with van der Waals surface area (Å²) in [6.45, 7) is 11.7. The van der Waals surface area contributed by atoms with Gasteiger partial charge >= 0.3 is 11.9 Å². The average Bonchev–Trinajstić information content (AvgIpc) is 2.46. The van der Waals surface area contributed by atoms with Gasteiger partial charge in [-0.2, -0.15) is 0 Å². The van der Waals surface area contributed by atoms with Crippen LogP contribution in [0.15, 0.2) is 24.3 Å². The molecule has 0 bridgehead atoms. The summed E-state index contributed by atoms with van der Waals surface area (Å²) >= 11 is 0. The van der Waals surface area contributed by atoms with Gasteiger partial charge in [-0.15, -0.1) is 0 Å². The van der Waals surface area contributed by atoms with E-state index in [1.165, 1.54) is 0 Å². The molecule has 2 atom stereocenters. The first-order valence-electron chi connectivity index (χ1n) is 7.74. The zero-order valence-corrected chi connectivity index (χ0v) is 14.3. The van der Waals surface area contributed by atoms with Gasteiger partial charge in [0.25, 0.3) is 0 Å². The molecular weight excluding hydrogens is 280 g/mol. The largest absolute Gasteiger partial charge is 0.459 e. The van der Waals surface area contributed by atoms with Crippen LogP contribution in [-0.2, 0) is 9.47 Å². The first-order valence-corrected chi connectivity index (χ1v) is 7.74. The van der Waals surface area contributed by atoms with E-state index in [4.69, 9.17) is 9.47 Å². The van der Waals surface area contributed by atoms with Gasteiger partial charge in [0, 0.05) is 0 Å². The van der Waals surface area contributed by atoms with Gasteiger partial charge < -0.3 is 9.47 Å². The van der Waals surface area contributed by atoms with Crippen molar-refractivity contribution < 1.29 is 19.1 Å². The topological polar surface area (TPSA) is 52.6 Å². The maximum atomic E-state index is 12.0. The van der Waals surface area contributed by atoms with Gasteiger partial charge in [-0.3, -0.25) is 0 Å². The van der Waals surface area contributed by atoms with Crippen LogP contribution in [0.4, 0.5) is 0 Å². The van der Waals surface area contributed by atoms with E-state index < -0.39 is 0 Å². The van der Waals surface area contributed by atoms with Crippen molar-refractivity contribution in [2.24, 2.45) is 11.8 Å². The fourth-order valence-corrected chi connectivity index (χ4v) is 1.49. The first kappa shape index (κ1) is 18.2. The summed E-state index contributed by atoms with van der Waals surface area (Å²) in [7, 11) is 0. The summed E-state index contributed by atoms with van der Waals surface area (Å²) in [4.78, 5) is 23.9. The molecule has 0 aliphatic rings. The Morgan fingerprint density at radius 1 is 0.682 bits per heavy atom. The number of rotatable bonds is 6. The Bertz CT molecular complexity index is 455. The van der Waals surface area contributed by atoms with Crippen LogP contribution in [0, 0.1) is 11.8 Å². The number of ether oxygens (including phenoxy) is 2. The molecule has 1 aromatic carbocycles. The fourth-order valence-electron chi connectivity index (χ4n) is 1.49. The lowest BCUT2D eigenvalue weighted by molar-refractivity contribution is 0.0224. The van der Waals surface area contributed by atoms with E-state index in [1.807, 2.05) is 41.5 Å². The van der Waals surface area contributed by atoms with Crippen LogP contribution in [0.25, 0.3) is 0 Å². The average molecular weight is 306 g/mol. The molecular formula is C18H26O4. The van der Waals surface area contributed by atoms with E-state index in [2.05, 4.69) is 0 Å². The van der Waals surface area contributed by atoms with E-state index in [9.17, 15) is 9.59 Å². The molecule has 0 spiro atoms. The van der Waals surface area contributed by atoms with Crippen LogP contribution in [0.2, 0.25) is 0 Å². The molecule has 0 fully saturated rings. The van der Waals surface area contributed by atoms with E-state index in [-0.39, 0.29) is 36.0 Å².